The van der Waals surface area contributed by atoms with Gasteiger partial charge in [-0.2, -0.15) is 5.26 Å². The standard InChI is InChI=1S/C10H8BrNO2/c1-14-8-4-2-7(3-5-8)10(13)9(11)6-12/h2-5,9H,1H3. The summed E-state index contributed by atoms with van der Waals surface area (Å²) in [6.07, 6.45) is 0. The molecule has 0 fully saturated rings. The number of hydrogen-bond donors (Lipinski definition) is 0. The summed E-state index contributed by atoms with van der Waals surface area (Å²) in [7, 11) is 1.55. The van der Waals surface area contributed by atoms with Gasteiger partial charge in [0.05, 0.1) is 13.2 Å². The van der Waals surface area contributed by atoms with Gasteiger partial charge in [-0.05, 0) is 24.3 Å². The maximum Gasteiger partial charge on any atom is 0.190 e. The van der Waals surface area contributed by atoms with Crippen LogP contribution in [0.5, 0.6) is 5.75 Å². The first kappa shape index (κ1) is 10.7. The molecule has 1 unspecified atom stereocenters. The van der Waals surface area contributed by atoms with E-state index in [-0.39, 0.29) is 5.78 Å². The van der Waals surface area contributed by atoms with Gasteiger partial charge in [0.2, 0.25) is 0 Å². The van der Waals surface area contributed by atoms with Crippen LogP contribution in [-0.4, -0.2) is 17.7 Å². The Labute approximate surface area is 90.4 Å². The molecule has 0 aromatic heterocycles. The lowest BCUT2D eigenvalue weighted by Gasteiger charge is -2.02. The van der Waals surface area contributed by atoms with E-state index in [0.29, 0.717) is 11.3 Å². The van der Waals surface area contributed by atoms with E-state index in [1.54, 1.807) is 31.4 Å². The van der Waals surface area contributed by atoms with Crippen LogP contribution in [0.4, 0.5) is 0 Å². The van der Waals surface area contributed by atoms with E-state index in [1.807, 2.05) is 6.07 Å². The largest absolute Gasteiger partial charge is 0.497 e. The van der Waals surface area contributed by atoms with E-state index in [4.69, 9.17) is 10.00 Å². The number of hydrogen-bond acceptors (Lipinski definition) is 3. The molecule has 1 atom stereocenters. The average Bonchev–Trinajstić information content (AvgIpc) is 2.27. The van der Waals surface area contributed by atoms with Crippen molar-refractivity contribution in [2.24, 2.45) is 0 Å². The number of nitrogens with zero attached hydrogens (tertiary/aromatic N) is 1. The fourth-order valence-corrected chi connectivity index (χ4v) is 1.22. The predicted octanol–water partition coefficient (Wildman–Crippen LogP) is 2.16. The molecule has 0 aliphatic rings. The van der Waals surface area contributed by atoms with Gasteiger partial charge < -0.3 is 4.74 Å². The zero-order valence-corrected chi connectivity index (χ0v) is 9.11. The van der Waals surface area contributed by atoms with Crippen LogP contribution in [0.25, 0.3) is 0 Å². The summed E-state index contributed by atoms with van der Waals surface area (Å²) in [5.74, 6) is 0.444. The summed E-state index contributed by atoms with van der Waals surface area (Å²) in [4.78, 5) is 10.7. The highest BCUT2D eigenvalue weighted by atomic mass is 79.9. The highest BCUT2D eigenvalue weighted by molar-refractivity contribution is 9.10. The maximum atomic E-state index is 11.5. The van der Waals surface area contributed by atoms with Crippen LogP contribution in [-0.2, 0) is 0 Å². The summed E-state index contributed by atoms with van der Waals surface area (Å²) in [5.41, 5.74) is 0.495. The fraction of sp³-hybridized carbons (Fsp3) is 0.200. The average molecular weight is 254 g/mol. The van der Waals surface area contributed by atoms with Gasteiger partial charge in [-0.25, -0.2) is 0 Å². The Bertz CT molecular complexity index is 367. The van der Waals surface area contributed by atoms with Gasteiger partial charge in [0.15, 0.2) is 10.6 Å². The molecular formula is C10H8BrNO2. The minimum atomic E-state index is -0.782. The van der Waals surface area contributed by atoms with Gasteiger partial charge in [0.1, 0.15) is 5.75 Å². The van der Waals surface area contributed by atoms with Crippen molar-refractivity contribution >= 4 is 21.7 Å². The monoisotopic (exact) mass is 253 g/mol. The number of nitriles is 1. The molecule has 72 valence electrons. The molecule has 0 aliphatic carbocycles. The molecule has 1 rings (SSSR count). The number of ketones is 1. The summed E-state index contributed by atoms with van der Waals surface area (Å²) in [6.45, 7) is 0. The summed E-state index contributed by atoms with van der Waals surface area (Å²) in [6, 6.07) is 8.46. The maximum absolute atomic E-state index is 11.5. The molecule has 0 radical (unpaired) electrons. The minimum absolute atomic E-state index is 0.241. The Kier molecular flexibility index (Phi) is 3.66. The second kappa shape index (κ2) is 4.77. The van der Waals surface area contributed by atoms with Crippen LogP contribution < -0.4 is 4.74 Å². The van der Waals surface area contributed by atoms with Crippen molar-refractivity contribution in [3.8, 4) is 11.8 Å². The van der Waals surface area contributed by atoms with Gasteiger partial charge in [-0.3, -0.25) is 4.79 Å². The molecule has 1 aromatic carbocycles. The Morgan fingerprint density at radius 2 is 2.07 bits per heavy atom. The normalized spacial score (nSPS) is 11.5. The molecule has 0 aliphatic heterocycles. The third-order valence-corrected chi connectivity index (χ3v) is 2.34. The summed E-state index contributed by atoms with van der Waals surface area (Å²) >= 11 is 2.97. The molecule has 1 aromatic rings. The lowest BCUT2D eigenvalue weighted by molar-refractivity contribution is 0.100. The van der Waals surface area contributed by atoms with Gasteiger partial charge in [0.25, 0.3) is 0 Å². The highest BCUT2D eigenvalue weighted by Crippen LogP contribution is 2.14. The van der Waals surface area contributed by atoms with E-state index in [0.717, 1.165) is 0 Å². The molecule has 0 amide bonds. The van der Waals surface area contributed by atoms with Crippen molar-refractivity contribution in [3.63, 3.8) is 0 Å². The number of ether oxygens (including phenoxy) is 1. The molecule has 0 heterocycles. The van der Waals surface area contributed by atoms with Crippen molar-refractivity contribution in [3.05, 3.63) is 29.8 Å². The van der Waals surface area contributed by atoms with Crippen molar-refractivity contribution < 1.29 is 9.53 Å². The zero-order chi connectivity index (χ0) is 10.6. The minimum Gasteiger partial charge on any atom is -0.497 e. The molecule has 0 N–H and O–H groups in total. The van der Waals surface area contributed by atoms with Crippen LogP contribution in [0.3, 0.4) is 0 Å². The van der Waals surface area contributed by atoms with Crippen molar-refractivity contribution in [1.29, 1.82) is 5.26 Å². The van der Waals surface area contributed by atoms with E-state index < -0.39 is 4.83 Å². The van der Waals surface area contributed by atoms with Gasteiger partial charge >= 0.3 is 0 Å². The van der Waals surface area contributed by atoms with Crippen LogP contribution >= 0.6 is 15.9 Å². The van der Waals surface area contributed by atoms with E-state index in [2.05, 4.69) is 15.9 Å². The molecular weight excluding hydrogens is 246 g/mol. The second-order valence-corrected chi connectivity index (χ2v) is 3.50. The fourth-order valence-electron chi connectivity index (χ4n) is 0.960. The second-order valence-electron chi connectivity index (χ2n) is 2.58. The lowest BCUT2D eigenvalue weighted by Crippen LogP contribution is -2.11. The number of benzene rings is 1. The number of rotatable bonds is 3. The zero-order valence-electron chi connectivity index (χ0n) is 7.53. The molecule has 4 heteroatoms. The molecule has 0 saturated carbocycles. The lowest BCUT2D eigenvalue weighted by atomic mass is 10.1. The SMILES string of the molecule is COc1ccc(C(=O)C(Br)C#N)cc1. The number of carbonyl (C=O) groups is 1. The smallest absolute Gasteiger partial charge is 0.190 e. The summed E-state index contributed by atoms with van der Waals surface area (Å²) < 4.78 is 4.95. The van der Waals surface area contributed by atoms with Gasteiger partial charge in [-0.15, -0.1) is 0 Å². The van der Waals surface area contributed by atoms with Crippen molar-refractivity contribution in [1.82, 2.24) is 0 Å². The topological polar surface area (TPSA) is 50.1 Å². The van der Waals surface area contributed by atoms with E-state index >= 15 is 0 Å². The number of halogens is 1. The predicted molar refractivity (Wildman–Crippen MR) is 55.7 cm³/mol. The van der Waals surface area contributed by atoms with Gasteiger partial charge in [0, 0.05) is 5.56 Å². The Balaban J connectivity index is 2.88. The third kappa shape index (κ3) is 2.33. The van der Waals surface area contributed by atoms with Crippen molar-refractivity contribution in [2.45, 2.75) is 4.83 Å². The van der Waals surface area contributed by atoms with E-state index in [9.17, 15) is 4.79 Å². The first-order chi connectivity index (χ1) is 6.69. The Hall–Kier alpha value is -1.34. The first-order valence-corrected chi connectivity index (χ1v) is 4.82. The quantitative estimate of drug-likeness (QED) is 0.613. The number of alkyl halides is 1. The highest BCUT2D eigenvalue weighted by Gasteiger charge is 2.15. The van der Waals surface area contributed by atoms with Crippen LogP contribution in [0.1, 0.15) is 10.4 Å². The first-order valence-electron chi connectivity index (χ1n) is 3.91. The van der Waals surface area contributed by atoms with Gasteiger partial charge in [-0.1, -0.05) is 15.9 Å². The van der Waals surface area contributed by atoms with Crippen LogP contribution in [0.2, 0.25) is 0 Å². The summed E-state index contributed by atoms with van der Waals surface area (Å²) in [5, 5.41) is 8.52. The number of carbonyl (C=O) groups excluding carboxylic acids is 1. The van der Waals surface area contributed by atoms with Crippen molar-refractivity contribution in [2.75, 3.05) is 7.11 Å². The van der Waals surface area contributed by atoms with Crippen LogP contribution in [0.15, 0.2) is 24.3 Å². The Morgan fingerprint density at radius 1 is 1.50 bits per heavy atom. The molecule has 14 heavy (non-hydrogen) atoms. The molecule has 0 bridgehead atoms. The van der Waals surface area contributed by atoms with E-state index in [1.165, 1.54) is 0 Å². The molecule has 0 saturated heterocycles. The number of methoxy groups -OCH3 is 1. The van der Waals surface area contributed by atoms with Crippen LogP contribution in [0, 0.1) is 11.3 Å². The third-order valence-electron chi connectivity index (χ3n) is 1.72. The molecule has 0 spiro atoms. The number of Topliss-reactive ketones (excluding diaryl/α,β-unsaturated/α-hetero) is 1. The Morgan fingerprint density at radius 3 is 2.50 bits per heavy atom. The molecule has 3 nitrogen and oxygen atoms in total.